The molecule has 4 N–H and O–H groups in total. The van der Waals surface area contributed by atoms with Crippen LogP contribution in [-0.4, -0.2) is 41.0 Å². The predicted octanol–water partition coefficient (Wildman–Crippen LogP) is 1.02. The molecule has 6 heteroatoms. The topological polar surface area (TPSA) is 95.7 Å². The lowest BCUT2D eigenvalue weighted by Crippen LogP contribution is -2.37. The molecule has 1 amide bonds. The van der Waals surface area contributed by atoms with Crippen LogP contribution in [-0.2, 0) is 16.1 Å². The van der Waals surface area contributed by atoms with Crippen molar-refractivity contribution in [1.82, 2.24) is 4.90 Å². The Morgan fingerprint density at radius 2 is 1.95 bits per heavy atom. The number of nitrogens with one attached hydrogen (secondary N) is 1. The van der Waals surface area contributed by atoms with Crippen LogP contribution >= 0.6 is 0 Å². The molecule has 1 saturated heterocycles. The summed E-state index contributed by atoms with van der Waals surface area (Å²) in [4.78, 5) is 24.9. The number of nitrogens with two attached hydrogens (primary N) is 1. The third kappa shape index (κ3) is 4.54. The van der Waals surface area contributed by atoms with Gasteiger partial charge in [0, 0.05) is 12.2 Å². The van der Waals surface area contributed by atoms with Crippen LogP contribution in [0, 0.1) is 0 Å². The number of rotatable bonds is 6. The van der Waals surface area contributed by atoms with Crippen molar-refractivity contribution < 1.29 is 14.7 Å². The summed E-state index contributed by atoms with van der Waals surface area (Å²) in [7, 11) is 0. The van der Waals surface area contributed by atoms with Crippen LogP contribution < -0.4 is 11.1 Å². The van der Waals surface area contributed by atoms with E-state index in [2.05, 4.69) is 10.2 Å². The van der Waals surface area contributed by atoms with Crippen LogP contribution in [0.5, 0.6) is 0 Å². The third-order valence-electron chi connectivity index (χ3n) is 3.60. The summed E-state index contributed by atoms with van der Waals surface area (Å²) in [5, 5.41) is 11.4. The molecule has 0 spiro atoms. The fourth-order valence-electron chi connectivity index (χ4n) is 2.47. The second-order valence-electron chi connectivity index (χ2n) is 5.33. The summed E-state index contributed by atoms with van der Waals surface area (Å²) in [6.45, 7) is 2.92. The molecule has 6 nitrogen and oxygen atoms in total. The van der Waals surface area contributed by atoms with E-state index in [9.17, 15) is 9.59 Å². The maximum atomic E-state index is 11.9. The summed E-state index contributed by atoms with van der Waals surface area (Å²) in [6, 6.07) is 6.51. The van der Waals surface area contributed by atoms with Crippen LogP contribution in [0.4, 0.5) is 5.69 Å². The van der Waals surface area contributed by atoms with Crippen molar-refractivity contribution in [3.63, 3.8) is 0 Å². The van der Waals surface area contributed by atoms with Crippen molar-refractivity contribution in [3.05, 3.63) is 29.8 Å². The van der Waals surface area contributed by atoms with Gasteiger partial charge in [0.2, 0.25) is 5.91 Å². The lowest BCUT2D eigenvalue weighted by atomic mass is 10.1. The number of anilines is 1. The van der Waals surface area contributed by atoms with E-state index in [-0.39, 0.29) is 6.42 Å². The fourth-order valence-corrected chi connectivity index (χ4v) is 2.47. The molecule has 1 aromatic rings. The molecule has 1 aromatic carbocycles. The van der Waals surface area contributed by atoms with Gasteiger partial charge in [0.05, 0.1) is 12.5 Å². The van der Waals surface area contributed by atoms with E-state index in [1.807, 2.05) is 24.3 Å². The molecule has 114 valence electrons. The summed E-state index contributed by atoms with van der Waals surface area (Å²) in [5.41, 5.74) is 7.30. The molecule has 0 aromatic heterocycles. The highest BCUT2D eigenvalue weighted by atomic mass is 16.4. The minimum Gasteiger partial charge on any atom is -0.481 e. The Morgan fingerprint density at radius 3 is 2.62 bits per heavy atom. The second kappa shape index (κ2) is 7.19. The van der Waals surface area contributed by atoms with E-state index in [1.165, 1.54) is 12.8 Å². The highest BCUT2D eigenvalue weighted by Gasteiger charge is 2.19. The number of aliphatic carboxylic acids is 1. The normalized spacial score (nSPS) is 16.6. The van der Waals surface area contributed by atoms with Gasteiger partial charge >= 0.3 is 5.97 Å². The first-order valence-electron chi connectivity index (χ1n) is 7.15. The number of carbonyl (C=O) groups is 2. The highest BCUT2D eigenvalue weighted by molar-refractivity contribution is 5.97. The zero-order chi connectivity index (χ0) is 15.2. The van der Waals surface area contributed by atoms with E-state index in [0.717, 1.165) is 25.2 Å². The molecule has 0 radical (unpaired) electrons. The Morgan fingerprint density at radius 1 is 1.29 bits per heavy atom. The largest absolute Gasteiger partial charge is 0.481 e. The smallest absolute Gasteiger partial charge is 0.305 e. The zero-order valence-corrected chi connectivity index (χ0v) is 11.9. The van der Waals surface area contributed by atoms with Crippen molar-refractivity contribution in [2.75, 3.05) is 18.4 Å². The SMILES string of the molecule is NC(CC(=O)O)C(=O)Nc1ccccc1CN1CCCC1. The Balaban J connectivity index is 2.01. The van der Waals surface area contributed by atoms with E-state index in [0.29, 0.717) is 5.69 Å². The average Bonchev–Trinajstić information content (AvgIpc) is 2.93. The summed E-state index contributed by atoms with van der Waals surface area (Å²) >= 11 is 0. The van der Waals surface area contributed by atoms with Crippen molar-refractivity contribution in [1.29, 1.82) is 0 Å². The second-order valence-corrected chi connectivity index (χ2v) is 5.33. The Hall–Kier alpha value is -1.92. The van der Waals surface area contributed by atoms with Gasteiger partial charge in [-0.2, -0.15) is 0 Å². The van der Waals surface area contributed by atoms with Gasteiger partial charge in [-0.1, -0.05) is 18.2 Å². The standard InChI is InChI=1S/C15H21N3O3/c16-12(9-14(19)20)15(21)17-13-6-2-1-5-11(13)10-18-7-3-4-8-18/h1-2,5-6,12H,3-4,7-10,16H2,(H,17,21)(H,19,20). The van der Waals surface area contributed by atoms with Gasteiger partial charge in [0.15, 0.2) is 0 Å². The number of hydrogen-bond acceptors (Lipinski definition) is 4. The summed E-state index contributed by atoms with van der Waals surface area (Å²) in [5.74, 6) is -1.55. The van der Waals surface area contributed by atoms with Gasteiger partial charge < -0.3 is 16.2 Å². The van der Waals surface area contributed by atoms with E-state index in [1.54, 1.807) is 0 Å². The van der Waals surface area contributed by atoms with E-state index in [4.69, 9.17) is 10.8 Å². The maximum Gasteiger partial charge on any atom is 0.305 e. The van der Waals surface area contributed by atoms with Gasteiger partial charge in [-0.05, 0) is 37.6 Å². The number of carbonyl (C=O) groups excluding carboxylic acids is 1. The van der Waals surface area contributed by atoms with Crippen molar-refractivity contribution in [3.8, 4) is 0 Å². The Bertz CT molecular complexity index is 513. The molecule has 21 heavy (non-hydrogen) atoms. The fraction of sp³-hybridized carbons (Fsp3) is 0.467. The molecule has 1 unspecified atom stereocenters. The van der Waals surface area contributed by atoms with Crippen molar-refractivity contribution in [2.24, 2.45) is 5.73 Å². The van der Waals surface area contributed by atoms with Gasteiger partial charge in [0.1, 0.15) is 0 Å². The van der Waals surface area contributed by atoms with Crippen LogP contribution in [0.15, 0.2) is 24.3 Å². The van der Waals surface area contributed by atoms with Gasteiger partial charge in [-0.15, -0.1) is 0 Å². The quantitative estimate of drug-likeness (QED) is 0.727. The minimum atomic E-state index is -1.08. The third-order valence-corrected chi connectivity index (χ3v) is 3.60. The number of carboxylic acids is 1. The average molecular weight is 291 g/mol. The van der Waals surface area contributed by atoms with Gasteiger partial charge in [0.25, 0.3) is 0 Å². The van der Waals surface area contributed by atoms with E-state index >= 15 is 0 Å². The lowest BCUT2D eigenvalue weighted by Gasteiger charge is -2.18. The van der Waals surface area contributed by atoms with Crippen LogP contribution in [0.1, 0.15) is 24.8 Å². The number of nitrogens with zero attached hydrogens (tertiary/aromatic N) is 1. The van der Waals surface area contributed by atoms with Crippen molar-refractivity contribution >= 4 is 17.6 Å². The molecular weight excluding hydrogens is 270 g/mol. The summed E-state index contributed by atoms with van der Waals surface area (Å²) in [6.07, 6.45) is 2.04. The van der Waals surface area contributed by atoms with Crippen LogP contribution in [0.25, 0.3) is 0 Å². The first-order valence-corrected chi connectivity index (χ1v) is 7.15. The number of likely N-dealkylation sites (tertiary alicyclic amines) is 1. The maximum absolute atomic E-state index is 11.9. The number of amides is 1. The molecule has 0 bridgehead atoms. The monoisotopic (exact) mass is 291 g/mol. The number of benzene rings is 1. The van der Waals surface area contributed by atoms with Crippen LogP contribution in [0.2, 0.25) is 0 Å². The first kappa shape index (κ1) is 15.5. The Kier molecular flexibility index (Phi) is 5.30. The molecule has 1 atom stereocenters. The lowest BCUT2D eigenvalue weighted by molar-refractivity contribution is -0.138. The predicted molar refractivity (Wildman–Crippen MR) is 79.8 cm³/mol. The Labute approximate surface area is 123 Å². The molecule has 1 fully saturated rings. The number of para-hydroxylation sites is 1. The molecule has 0 aliphatic carbocycles. The molecule has 1 aliphatic heterocycles. The first-order chi connectivity index (χ1) is 10.1. The molecule has 1 heterocycles. The highest BCUT2D eigenvalue weighted by Crippen LogP contribution is 2.20. The number of carboxylic acid groups (broad SMARTS) is 1. The minimum absolute atomic E-state index is 0.375. The zero-order valence-electron chi connectivity index (χ0n) is 11.9. The molecule has 2 rings (SSSR count). The van der Waals surface area contributed by atoms with E-state index < -0.39 is 17.9 Å². The van der Waals surface area contributed by atoms with Gasteiger partial charge in [-0.25, -0.2) is 0 Å². The molecule has 1 aliphatic rings. The van der Waals surface area contributed by atoms with Gasteiger partial charge in [-0.3, -0.25) is 14.5 Å². The van der Waals surface area contributed by atoms with Crippen molar-refractivity contribution in [2.45, 2.75) is 31.8 Å². The molecule has 0 saturated carbocycles. The summed E-state index contributed by atoms with van der Waals surface area (Å²) < 4.78 is 0. The van der Waals surface area contributed by atoms with Crippen LogP contribution in [0.3, 0.4) is 0 Å². The number of hydrogen-bond donors (Lipinski definition) is 3. The molecular formula is C15H21N3O3.